The van der Waals surface area contributed by atoms with Gasteiger partial charge in [-0.05, 0) is 12.8 Å². The van der Waals surface area contributed by atoms with Crippen LogP contribution in [0.15, 0.2) is 17.2 Å². The molecule has 7 nitrogen and oxygen atoms in total. The molecule has 0 N–H and O–H groups in total. The number of hydrogen-bond donors (Lipinski definition) is 0. The Kier molecular flexibility index (Phi) is 4.03. The van der Waals surface area contributed by atoms with Crippen molar-refractivity contribution >= 4 is 11.5 Å². The lowest BCUT2D eigenvalue weighted by Gasteiger charge is -2.20. The Labute approximate surface area is 109 Å². The number of carbonyl (C=O) groups excluding carboxylic acids is 1. The van der Waals surface area contributed by atoms with Crippen LogP contribution in [-0.2, 0) is 11.3 Å². The van der Waals surface area contributed by atoms with Gasteiger partial charge in [-0.2, -0.15) is 4.98 Å². The van der Waals surface area contributed by atoms with Gasteiger partial charge in [-0.1, -0.05) is 19.3 Å². The zero-order chi connectivity index (χ0) is 13.8. The third-order valence-electron chi connectivity index (χ3n) is 3.44. The van der Waals surface area contributed by atoms with E-state index in [2.05, 4.69) is 4.98 Å². The topological polar surface area (TPSA) is 95.1 Å². The predicted octanol–water partition coefficient (Wildman–Crippen LogP) is 1.30. The highest BCUT2D eigenvalue weighted by Crippen LogP contribution is 2.24. The number of nitrogens with zero attached hydrogens (tertiary/aromatic N) is 3. The molecule has 0 aliphatic heterocycles. The van der Waals surface area contributed by atoms with E-state index in [0.29, 0.717) is 0 Å². The molecule has 0 radical (unpaired) electrons. The summed E-state index contributed by atoms with van der Waals surface area (Å²) in [6.07, 6.45) is 6.87. The van der Waals surface area contributed by atoms with E-state index in [4.69, 9.17) is 0 Å². The van der Waals surface area contributed by atoms with Crippen molar-refractivity contribution in [3.05, 3.63) is 33.0 Å². The molecule has 0 saturated heterocycles. The molecule has 0 bridgehead atoms. The highest BCUT2D eigenvalue weighted by atomic mass is 16.6. The molecule has 7 heteroatoms. The molecule has 1 fully saturated rings. The maximum Gasteiger partial charge on any atom is 0.348 e. The van der Waals surface area contributed by atoms with Gasteiger partial charge in [0.25, 0.3) is 0 Å². The number of carbonyl (C=O) groups is 1. The van der Waals surface area contributed by atoms with Gasteiger partial charge >= 0.3 is 11.4 Å². The van der Waals surface area contributed by atoms with E-state index in [1.807, 2.05) is 0 Å². The predicted molar refractivity (Wildman–Crippen MR) is 66.7 cm³/mol. The van der Waals surface area contributed by atoms with Crippen LogP contribution in [-0.4, -0.2) is 20.3 Å². The monoisotopic (exact) mass is 265 g/mol. The van der Waals surface area contributed by atoms with Crippen molar-refractivity contribution in [2.75, 3.05) is 0 Å². The summed E-state index contributed by atoms with van der Waals surface area (Å²) in [6.45, 7) is -0.127. The minimum Gasteiger partial charge on any atom is -0.297 e. The summed E-state index contributed by atoms with van der Waals surface area (Å²) in [4.78, 5) is 36.9. The van der Waals surface area contributed by atoms with E-state index in [9.17, 15) is 19.7 Å². The first-order valence-corrected chi connectivity index (χ1v) is 6.31. The molecule has 0 unspecified atom stereocenters. The molecular weight excluding hydrogens is 250 g/mol. The third-order valence-corrected chi connectivity index (χ3v) is 3.44. The molecule has 19 heavy (non-hydrogen) atoms. The van der Waals surface area contributed by atoms with Crippen molar-refractivity contribution in [3.8, 4) is 0 Å². The minimum atomic E-state index is -0.631. The zero-order valence-electron chi connectivity index (χ0n) is 10.4. The smallest absolute Gasteiger partial charge is 0.297 e. The van der Waals surface area contributed by atoms with Crippen molar-refractivity contribution < 1.29 is 9.72 Å². The molecule has 1 aromatic rings. The van der Waals surface area contributed by atoms with Crippen molar-refractivity contribution in [2.24, 2.45) is 5.92 Å². The lowest BCUT2D eigenvalue weighted by molar-refractivity contribution is -0.385. The van der Waals surface area contributed by atoms with Crippen LogP contribution < -0.4 is 5.69 Å². The van der Waals surface area contributed by atoms with Gasteiger partial charge in [0.15, 0.2) is 5.78 Å². The maximum atomic E-state index is 12.0. The molecule has 2 rings (SSSR count). The SMILES string of the molecule is O=C(Cn1cc([N+](=O)[O-])cnc1=O)C1CCCCC1. The first-order valence-electron chi connectivity index (χ1n) is 6.31. The van der Waals surface area contributed by atoms with Crippen molar-refractivity contribution in [2.45, 2.75) is 38.6 Å². The summed E-state index contributed by atoms with van der Waals surface area (Å²) in [7, 11) is 0. The van der Waals surface area contributed by atoms with Gasteiger partial charge in [-0.3, -0.25) is 19.5 Å². The molecule has 0 aromatic carbocycles. The van der Waals surface area contributed by atoms with E-state index >= 15 is 0 Å². The lowest BCUT2D eigenvalue weighted by atomic mass is 9.86. The molecule has 102 valence electrons. The average Bonchev–Trinajstić information content (AvgIpc) is 2.42. The van der Waals surface area contributed by atoms with Gasteiger partial charge in [0, 0.05) is 5.92 Å². The Bertz CT molecular complexity index is 546. The zero-order valence-corrected chi connectivity index (χ0v) is 10.4. The second kappa shape index (κ2) is 5.73. The van der Waals surface area contributed by atoms with Gasteiger partial charge < -0.3 is 0 Å². The first-order chi connectivity index (χ1) is 9.08. The second-order valence-corrected chi connectivity index (χ2v) is 4.78. The van der Waals surface area contributed by atoms with Crippen LogP contribution in [0, 0.1) is 16.0 Å². The Morgan fingerprint density at radius 2 is 2.11 bits per heavy atom. The van der Waals surface area contributed by atoms with Crippen LogP contribution in [0.4, 0.5) is 5.69 Å². The maximum absolute atomic E-state index is 12.0. The fourth-order valence-electron chi connectivity index (χ4n) is 2.37. The summed E-state index contributed by atoms with van der Waals surface area (Å²) in [6, 6.07) is 0. The molecule has 1 aliphatic carbocycles. The molecule has 1 aromatic heterocycles. The van der Waals surface area contributed by atoms with Crippen molar-refractivity contribution in [1.82, 2.24) is 9.55 Å². The van der Waals surface area contributed by atoms with E-state index < -0.39 is 10.6 Å². The van der Waals surface area contributed by atoms with Gasteiger partial charge in [0.1, 0.15) is 6.20 Å². The molecule has 1 aliphatic rings. The summed E-state index contributed by atoms with van der Waals surface area (Å²) in [5.41, 5.74) is -0.911. The van der Waals surface area contributed by atoms with Crippen LogP contribution in [0.25, 0.3) is 0 Å². The van der Waals surface area contributed by atoms with E-state index in [1.54, 1.807) is 0 Å². The summed E-state index contributed by atoms with van der Waals surface area (Å²) >= 11 is 0. The summed E-state index contributed by atoms with van der Waals surface area (Å²) < 4.78 is 1.02. The third kappa shape index (κ3) is 3.24. The van der Waals surface area contributed by atoms with Crippen molar-refractivity contribution in [1.29, 1.82) is 0 Å². The van der Waals surface area contributed by atoms with Crippen LogP contribution in [0.3, 0.4) is 0 Å². The van der Waals surface area contributed by atoms with Gasteiger partial charge in [-0.25, -0.2) is 4.79 Å². The van der Waals surface area contributed by atoms with E-state index in [-0.39, 0.29) is 23.9 Å². The first kappa shape index (κ1) is 13.4. The Hall–Kier alpha value is -2.05. The molecule has 0 spiro atoms. The number of ketones is 1. The minimum absolute atomic E-state index is 0.0279. The Morgan fingerprint density at radius 1 is 1.42 bits per heavy atom. The molecule has 1 saturated carbocycles. The highest BCUT2D eigenvalue weighted by molar-refractivity contribution is 5.80. The number of nitro groups is 1. The lowest BCUT2D eigenvalue weighted by Crippen LogP contribution is -2.30. The van der Waals surface area contributed by atoms with Gasteiger partial charge in [-0.15, -0.1) is 0 Å². The van der Waals surface area contributed by atoms with E-state index in [1.165, 1.54) is 0 Å². The summed E-state index contributed by atoms with van der Waals surface area (Å²) in [5.74, 6) is -0.0657. The largest absolute Gasteiger partial charge is 0.348 e. The quantitative estimate of drug-likeness (QED) is 0.604. The number of hydrogen-bond acceptors (Lipinski definition) is 5. The Balaban J connectivity index is 2.13. The highest BCUT2D eigenvalue weighted by Gasteiger charge is 2.22. The van der Waals surface area contributed by atoms with Gasteiger partial charge in [0.2, 0.25) is 0 Å². The fraction of sp³-hybridized carbons (Fsp3) is 0.583. The van der Waals surface area contributed by atoms with Crippen LogP contribution in [0.2, 0.25) is 0 Å². The summed E-state index contributed by atoms with van der Waals surface area (Å²) in [5, 5.41) is 10.6. The average molecular weight is 265 g/mol. The second-order valence-electron chi connectivity index (χ2n) is 4.78. The normalized spacial score (nSPS) is 16.2. The number of Topliss-reactive ketones (excluding diaryl/α,β-unsaturated/α-hetero) is 1. The van der Waals surface area contributed by atoms with Crippen LogP contribution in [0.5, 0.6) is 0 Å². The van der Waals surface area contributed by atoms with Crippen molar-refractivity contribution in [3.63, 3.8) is 0 Å². The molecule has 0 atom stereocenters. The standard InChI is InChI=1S/C12H15N3O4/c16-11(9-4-2-1-3-5-9)8-14-7-10(15(18)19)6-13-12(14)17/h6-7,9H,1-5,8H2. The molecule has 0 amide bonds. The van der Waals surface area contributed by atoms with Crippen LogP contribution in [0.1, 0.15) is 32.1 Å². The number of rotatable bonds is 4. The molecular formula is C12H15N3O4. The fourth-order valence-corrected chi connectivity index (χ4v) is 2.37. The molecule has 1 heterocycles. The van der Waals surface area contributed by atoms with Crippen LogP contribution >= 0.6 is 0 Å². The number of aromatic nitrogens is 2. The van der Waals surface area contributed by atoms with E-state index in [0.717, 1.165) is 49.1 Å². The Morgan fingerprint density at radius 3 is 2.74 bits per heavy atom. The van der Waals surface area contributed by atoms with Gasteiger partial charge in [0.05, 0.1) is 17.7 Å².